The predicted molar refractivity (Wildman–Crippen MR) is 82.7 cm³/mol. The summed E-state index contributed by atoms with van der Waals surface area (Å²) < 4.78 is 45.6. The van der Waals surface area contributed by atoms with Crippen LogP contribution in [0.15, 0.2) is 27.6 Å². The van der Waals surface area contributed by atoms with Crippen molar-refractivity contribution < 1.29 is 17.3 Å². The molecule has 2 heterocycles. The molecule has 0 bridgehead atoms. The summed E-state index contributed by atoms with van der Waals surface area (Å²) in [7, 11) is -3.82. The minimum Gasteiger partial charge on any atom is -0.380 e. The minimum atomic E-state index is -3.82. The molecular weight excluding hydrogens is 321 g/mol. The van der Waals surface area contributed by atoms with Gasteiger partial charge in [-0.05, 0) is 49.9 Å². The monoisotopic (exact) mass is 339 g/mol. The van der Waals surface area contributed by atoms with Crippen molar-refractivity contribution in [3.8, 4) is 0 Å². The summed E-state index contributed by atoms with van der Waals surface area (Å²) in [5, 5.41) is 3.53. The topological polar surface area (TPSA) is 89.4 Å². The van der Waals surface area contributed by atoms with Gasteiger partial charge in [0, 0.05) is 6.54 Å². The van der Waals surface area contributed by atoms with Gasteiger partial charge in [0.25, 0.3) is 10.0 Å². The third kappa shape index (κ3) is 2.61. The highest BCUT2D eigenvalue weighted by molar-refractivity contribution is 7.89. The van der Waals surface area contributed by atoms with E-state index in [-0.39, 0.29) is 28.3 Å². The Morgan fingerprint density at radius 1 is 1.39 bits per heavy atom. The number of sulfonamides is 1. The van der Waals surface area contributed by atoms with E-state index < -0.39 is 10.0 Å². The fourth-order valence-electron chi connectivity index (χ4n) is 3.16. The molecule has 0 amide bonds. The maximum Gasteiger partial charge on any atom is 0.250 e. The Balaban J connectivity index is 2.05. The van der Waals surface area contributed by atoms with Crippen molar-refractivity contribution in [2.75, 3.05) is 12.3 Å². The van der Waals surface area contributed by atoms with Crippen LogP contribution in [0.5, 0.6) is 0 Å². The SMILES string of the molecule is Cc1cc(F)ccc1C1CCCN1S(=O)(=O)c1c(N)noc1C. The molecule has 8 heteroatoms. The second kappa shape index (κ2) is 5.61. The van der Waals surface area contributed by atoms with E-state index >= 15 is 0 Å². The molecule has 3 rings (SSSR count). The number of nitrogen functional groups attached to an aromatic ring is 1. The lowest BCUT2D eigenvalue weighted by Crippen LogP contribution is -2.31. The molecule has 0 saturated carbocycles. The zero-order valence-corrected chi connectivity index (χ0v) is 13.7. The van der Waals surface area contributed by atoms with Crippen molar-refractivity contribution in [1.29, 1.82) is 0 Å². The van der Waals surface area contributed by atoms with E-state index in [2.05, 4.69) is 5.16 Å². The maximum absolute atomic E-state index is 13.3. The quantitative estimate of drug-likeness (QED) is 0.928. The van der Waals surface area contributed by atoms with Gasteiger partial charge in [-0.3, -0.25) is 0 Å². The summed E-state index contributed by atoms with van der Waals surface area (Å²) in [5.41, 5.74) is 7.20. The summed E-state index contributed by atoms with van der Waals surface area (Å²) in [4.78, 5) is -0.0795. The Bertz CT molecular complexity index is 828. The van der Waals surface area contributed by atoms with Crippen LogP contribution in [-0.4, -0.2) is 24.4 Å². The van der Waals surface area contributed by atoms with Crippen LogP contribution < -0.4 is 5.73 Å². The first kappa shape index (κ1) is 15.9. The largest absolute Gasteiger partial charge is 0.380 e. The fourth-order valence-corrected chi connectivity index (χ4v) is 5.02. The smallest absolute Gasteiger partial charge is 0.250 e. The van der Waals surface area contributed by atoms with Crippen LogP contribution in [0.25, 0.3) is 0 Å². The zero-order valence-electron chi connectivity index (χ0n) is 12.9. The number of benzene rings is 1. The Labute approximate surface area is 134 Å². The number of rotatable bonds is 3. The molecular formula is C15H18FN3O3S. The number of nitrogens with two attached hydrogens (primary N) is 1. The molecule has 1 aliphatic rings. The Morgan fingerprint density at radius 2 is 2.13 bits per heavy atom. The molecule has 2 N–H and O–H groups in total. The Hall–Kier alpha value is -1.93. The number of nitrogens with zero attached hydrogens (tertiary/aromatic N) is 2. The molecule has 1 aromatic carbocycles. The van der Waals surface area contributed by atoms with Crippen LogP contribution in [0.4, 0.5) is 10.2 Å². The molecule has 6 nitrogen and oxygen atoms in total. The van der Waals surface area contributed by atoms with Crippen LogP contribution in [0.2, 0.25) is 0 Å². The minimum absolute atomic E-state index is 0.0795. The predicted octanol–water partition coefficient (Wildman–Crippen LogP) is 2.54. The van der Waals surface area contributed by atoms with Crippen molar-refractivity contribution in [2.45, 2.75) is 37.6 Å². The molecule has 23 heavy (non-hydrogen) atoms. The van der Waals surface area contributed by atoms with Crippen LogP contribution in [0.1, 0.15) is 35.8 Å². The van der Waals surface area contributed by atoms with Crippen LogP contribution in [0, 0.1) is 19.7 Å². The number of halogens is 1. The van der Waals surface area contributed by atoms with Crippen LogP contribution >= 0.6 is 0 Å². The van der Waals surface area contributed by atoms with E-state index in [4.69, 9.17) is 10.3 Å². The van der Waals surface area contributed by atoms with E-state index in [1.807, 2.05) is 0 Å². The lowest BCUT2D eigenvalue weighted by molar-refractivity contribution is 0.385. The average molecular weight is 339 g/mol. The lowest BCUT2D eigenvalue weighted by atomic mass is 10.00. The second-order valence-corrected chi connectivity index (χ2v) is 7.56. The zero-order chi connectivity index (χ0) is 16.8. The summed E-state index contributed by atoms with van der Waals surface area (Å²) in [6.07, 6.45) is 1.40. The third-order valence-corrected chi connectivity index (χ3v) is 6.26. The van der Waals surface area contributed by atoms with Crippen molar-refractivity contribution in [1.82, 2.24) is 9.46 Å². The van der Waals surface area contributed by atoms with Gasteiger partial charge in [0.05, 0.1) is 6.04 Å². The van der Waals surface area contributed by atoms with E-state index in [1.54, 1.807) is 13.0 Å². The van der Waals surface area contributed by atoms with Crippen molar-refractivity contribution in [2.24, 2.45) is 0 Å². The summed E-state index contributed by atoms with van der Waals surface area (Å²) >= 11 is 0. The number of hydrogen-bond donors (Lipinski definition) is 1. The molecule has 124 valence electrons. The summed E-state index contributed by atoms with van der Waals surface area (Å²) in [5.74, 6) is -0.300. The number of hydrogen-bond acceptors (Lipinski definition) is 5. The van der Waals surface area contributed by atoms with Crippen molar-refractivity contribution >= 4 is 15.8 Å². The Kier molecular flexibility index (Phi) is 3.89. The van der Waals surface area contributed by atoms with Gasteiger partial charge in [-0.25, -0.2) is 12.8 Å². The standard InChI is InChI=1S/C15H18FN3O3S/c1-9-8-11(16)5-6-12(9)13-4-3-7-19(13)23(20,21)14-10(2)22-18-15(14)17/h5-6,8,13H,3-4,7H2,1-2H3,(H2,17,18). The molecule has 1 atom stereocenters. The summed E-state index contributed by atoms with van der Waals surface area (Å²) in [6, 6.07) is 4.07. The molecule has 0 aliphatic carbocycles. The van der Waals surface area contributed by atoms with Gasteiger partial charge >= 0.3 is 0 Å². The van der Waals surface area contributed by atoms with Gasteiger partial charge in [-0.2, -0.15) is 4.31 Å². The first-order valence-electron chi connectivity index (χ1n) is 7.32. The molecule has 0 spiro atoms. The average Bonchev–Trinajstić information content (AvgIpc) is 3.06. The van der Waals surface area contributed by atoms with Gasteiger partial charge in [0.2, 0.25) is 0 Å². The first-order chi connectivity index (χ1) is 10.8. The Morgan fingerprint density at radius 3 is 2.74 bits per heavy atom. The lowest BCUT2D eigenvalue weighted by Gasteiger charge is -2.25. The van der Waals surface area contributed by atoms with E-state index in [0.29, 0.717) is 13.0 Å². The van der Waals surface area contributed by atoms with E-state index in [1.165, 1.54) is 23.4 Å². The number of anilines is 1. The van der Waals surface area contributed by atoms with Crippen molar-refractivity contribution in [3.05, 3.63) is 40.9 Å². The van der Waals surface area contributed by atoms with Gasteiger partial charge in [0.15, 0.2) is 16.5 Å². The molecule has 0 radical (unpaired) electrons. The molecule has 1 aromatic heterocycles. The van der Waals surface area contributed by atoms with E-state index in [0.717, 1.165) is 17.5 Å². The van der Waals surface area contributed by atoms with E-state index in [9.17, 15) is 12.8 Å². The highest BCUT2D eigenvalue weighted by atomic mass is 32.2. The molecule has 1 aliphatic heterocycles. The normalized spacial score (nSPS) is 19.3. The molecule has 1 saturated heterocycles. The second-order valence-electron chi connectivity index (χ2n) is 5.73. The fraction of sp³-hybridized carbons (Fsp3) is 0.400. The van der Waals surface area contributed by atoms with Gasteiger partial charge in [-0.15, -0.1) is 0 Å². The van der Waals surface area contributed by atoms with Crippen molar-refractivity contribution in [3.63, 3.8) is 0 Å². The first-order valence-corrected chi connectivity index (χ1v) is 8.76. The third-order valence-electron chi connectivity index (χ3n) is 4.19. The highest BCUT2D eigenvalue weighted by Crippen LogP contribution is 2.39. The van der Waals surface area contributed by atoms with Crippen LogP contribution in [-0.2, 0) is 10.0 Å². The number of aromatic nitrogens is 1. The summed E-state index contributed by atoms with van der Waals surface area (Å²) in [6.45, 7) is 3.68. The molecule has 1 unspecified atom stereocenters. The number of aryl methyl sites for hydroxylation is 2. The van der Waals surface area contributed by atoms with Gasteiger partial charge < -0.3 is 10.3 Å². The van der Waals surface area contributed by atoms with Gasteiger partial charge in [-0.1, -0.05) is 11.2 Å². The molecule has 1 fully saturated rings. The maximum atomic E-state index is 13.3. The van der Waals surface area contributed by atoms with Gasteiger partial charge in [0.1, 0.15) is 5.82 Å². The highest BCUT2D eigenvalue weighted by Gasteiger charge is 2.40. The van der Waals surface area contributed by atoms with Crippen LogP contribution in [0.3, 0.4) is 0 Å². The molecule has 2 aromatic rings.